The van der Waals surface area contributed by atoms with Gasteiger partial charge in [0.2, 0.25) is 11.9 Å². The van der Waals surface area contributed by atoms with Crippen LogP contribution in [0.25, 0.3) is 11.0 Å². The number of hydrogen-bond acceptors (Lipinski definition) is 6. The average molecular weight is 417 g/mol. The fourth-order valence-corrected chi connectivity index (χ4v) is 5.19. The lowest BCUT2D eigenvalue weighted by Gasteiger charge is -2.35. The smallest absolute Gasteiger partial charge is 0.240 e. The third-order valence-corrected chi connectivity index (χ3v) is 7.01. The summed E-state index contributed by atoms with van der Waals surface area (Å²) in [5.74, 6) is 3.04. The lowest BCUT2D eigenvalue weighted by molar-refractivity contribution is -0.131. The highest BCUT2D eigenvalue weighted by molar-refractivity contribution is 7.99. The molecule has 158 valence electrons. The standard InChI is InChI=1S/C21H32N6OS/c1-24-19-8-3-2-7-18(19)23-21(24)26-12-10-25(11-13-26)9-5-4-6-17(22)20(28)27-14-15-29-16-27/h2-3,7-8,17H,4-6,9-16,22H2,1H3. The maximum absolute atomic E-state index is 12.3. The van der Waals surface area contributed by atoms with Crippen molar-refractivity contribution in [2.24, 2.45) is 12.8 Å². The van der Waals surface area contributed by atoms with Crippen LogP contribution >= 0.6 is 11.8 Å². The van der Waals surface area contributed by atoms with Crippen LogP contribution in [-0.2, 0) is 11.8 Å². The zero-order valence-corrected chi connectivity index (χ0v) is 18.1. The van der Waals surface area contributed by atoms with Crippen LogP contribution < -0.4 is 10.6 Å². The van der Waals surface area contributed by atoms with Crippen LogP contribution in [0.4, 0.5) is 5.95 Å². The highest BCUT2D eigenvalue weighted by atomic mass is 32.2. The molecule has 2 aliphatic heterocycles. The number of para-hydroxylation sites is 2. The predicted octanol–water partition coefficient (Wildman–Crippen LogP) is 1.73. The van der Waals surface area contributed by atoms with Crippen molar-refractivity contribution in [1.29, 1.82) is 0 Å². The van der Waals surface area contributed by atoms with E-state index in [1.807, 2.05) is 22.7 Å². The SMILES string of the molecule is Cn1c(N2CCN(CCCCC(N)C(=O)N3CCSC3)CC2)nc2ccccc21. The number of hydrogen-bond donors (Lipinski definition) is 1. The topological polar surface area (TPSA) is 70.6 Å². The Morgan fingerprint density at radius 2 is 1.97 bits per heavy atom. The molecule has 8 heteroatoms. The molecule has 0 aliphatic carbocycles. The molecule has 1 unspecified atom stereocenters. The second-order valence-electron chi connectivity index (χ2n) is 8.03. The van der Waals surface area contributed by atoms with Gasteiger partial charge in [-0.2, -0.15) is 0 Å². The molecule has 0 radical (unpaired) electrons. The van der Waals surface area contributed by atoms with Crippen molar-refractivity contribution in [3.63, 3.8) is 0 Å². The van der Waals surface area contributed by atoms with Crippen molar-refractivity contribution in [3.05, 3.63) is 24.3 Å². The zero-order chi connectivity index (χ0) is 20.2. The number of imidazole rings is 1. The van der Waals surface area contributed by atoms with Gasteiger partial charge in [0.05, 0.1) is 23.0 Å². The zero-order valence-electron chi connectivity index (χ0n) is 17.3. The number of anilines is 1. The quantitative estimate of drug-likeness (QED) is 0.693. The maximum atomic E-state index is 12.3. The number of nitrogens with two attached hydrogens (primary N) is 1. The molecule has 1 atom stereocenters. The second kappa shape index (κ2) is 9.36. The molecule has 2 saturated heterocycles. The van der Waals surface area contributed by atoms with Crippen LogP contribution in [0.1, 0.15) is 19.3 Å². The van der Waals surface area contributed by atoms with E-state index < -0.39 is 0 Å². The van der Waals surface area contributed by atoms with Gasteiger partial charge < -0.3 is 20.1 Å². The highest BCUT2D eigenvalue weighted by Crippen LogP contribution is 2.22. The summed E-state index contributed by atoms with van der Waals surface area (Å²) in [5, 5.41) is 0. The lowest BCUT2D eigenvalue weighted by atomic mass is 10.1. The minimum absolute atomic E-state index is 0.131. The van der Waals surface area contributed by atoms with Gasteiger partial charge in [0.25, 0.3) is 0 Å². The number of aryl methyl sites for hydroxylation is 1. The molecule has 3 heterocycles. The number of amides is 1. The van der Waals surface area contributed by atoms with Crippen LogP contribution in [0.15, 0.2) is 24.3 Å². The van der Waals surface area contributed by atoms with Gasteiger partial charge in [0, 0.05) is 45.5 Å². The predicted molar refractivity (Wildman–Crippen MR) is 120 cm³/mol. The van der Waals surface area contributed by atoms with E-state index in [9.17, 15) is 4.79 Å². The molecule has 2 aliphatic rings. The highest BCUT2D eigenvalue weighted by Gasteiger charge is 2.24. The number of piperazine rings is 1. The summed E-state index contributed by atoms with van der Waals surface area (Å²) in [6, 6.07) is 7.98. The number of nitrogens with zero attached hydrogens (tertiary/aromatic N) is 5. The van der Waals surface area contributed by atoms with E-state index in [1.165, 1.54) is 5.52 Å². The fourth-order valence-electron chi connectivity index (χ4n) is 4.23. The first-order chi connectivity index (χ1) is 14.1. The minimum Gasteiger partial charge on any atom is -0.340 e. The average Bonchev–Trinajstić information content (AvgIpc) is 3.40. The third kappa shape index (κ3) is 4.70. The van der Waals surface area contributed by atoms with E-state index in [0.29, 0.717) is 0 Å². The van der Waals surface area contributed by atoms with Crippen LogP contribution in [-0.4, -0.2) is 82.2 Å². The van der Waals surface area contributed by atoms with Gasteiger partial charge in [-0.1, -0.05) is 18.6 Å². The first-order valence-electron chi connectivity index (χ1n) is 10.6. The van der Waals surface area contributed by atoms with E-state index in [1.54, 1.807) is 0 Å². The van der Waals surface area contributed by atoms with Crippen LogP contribution in [0, 0.1) is 0 Å². The molecule has 2 fully saturated rings. The summed E-state index contributed by atoms with van der Waals surface area (Å²) in [7, 11) is 2.10. The summed E-state index contributed by atoms with van der Waals surface area (Å²) in [5.41, 5.74) is 8.36. The summed E-state index contributed by atoms with van der Waals surface area (Å²) < 4.78 is 2.20. The number of carbonyl (C=O) groups is 1. The lowest BCUT2D eigenvalue weighted by Crippen LogP contribution is -2.47. The summed E-state index contributed by atoms with van der Waals surface area (Å²) >= 11 is 1.81. The minimum atomic E-state index is -0.330. The van der Waals surface area contributed by atoms with Gasteiger partial charge in [0.1, 0.15) is 0 Å². The molecule has 2 N–H and O–H groups in total. The maximum Gasteiger partial charge on any atom is 0.240 e. The van der Waals surface area contributed by atoms with Crippen molar-refractivity contribution in [2.45, 2.75) is 25.3 Å². The molecule has 7 nitrogen and oxygen atoms in total. The van der Waals surface area contributed by atoms with Gasteiger partial charge in [-0.3, -0.25) is 9.69 Å². The van der Waals surface area contributed by atoms with Crippen LogP contribution in [0.3, 0.4) is 0 Å². The van der Waals surface area contributed by atoms with E-state index in [0.717, 1.165) is 81.6 Å². The van der Waals surface area contributed by atoms with E-state index >= 15 is 0 Å². The number of rotatable bonds is 7. The molecule has 0 saturated carbocycles. The Hall–Kier alpha value is -1.77. The molecule has 1 aromatic carbocycles. The molecule has 0 bridgehead atoms. The molecule has 1 amide bonds. The number of benzene rings is 1. The van der Waals surface area contributed by atoms with Gasteiger partial charge in [-0.15, -0.1) is 11.8 Å². The summed E-state index contributed by atoms with van der Waals surface area (Å²) in [6.07, 6.45) is 2.90. The summed E-state index contributed by atoms with van der Waals surface area (Å²) in [6.45, 7) is 6.05. The van der Waals surface area contributed by atoms with Crippen LogP contribution in [0.5, 0.6) is 0 Å². The molecular formula is C21H32N6OS. The van der Waals surface area contributed by atoms with E-state index in [-0.39, 0.29) is 11.9 Å². The number of thioether (sulfide) groups is 1. The Morgan fingerprint density at radius 3 is 2.69 bits per heavy atom. The van der Waals surface area contributed by atoms with Crippen molar-refractivity contribution in [1.82, 2.24) is 19.4 Å². The Kier molecular flexibility index (Phi) is 6.62. The second-order valence-corrected chi connectivity index (χ2v) is 9.10. The Balaban J connectivity index is 1.18. The Morgan fingerprint density at radius 1 is 1.17 bits per heavy atom. The summed E-state index contributed by atoms with van der Waals surface area (Å²) in [4.78, 5) is 23.9. The molecule has 1 aromatic heterocycles. The van der Waals surface area contributed by atoms with Gasteiger partial charge in [0.15, 0.2) is 0 Å². The van der Waals surface area contributed by atoms with Crippen molar-refractivity contribution in [3.8, 4) is 0 Å². The van der Waals surface area contributed by atoms with Gasteiger partial charge in [-0.25, -0.2) is 4.98 Å². The number of carbonyl (C=O) groups excluding carboxylic acids is 1. The monoisotopic (exact) mass is 416 g/mol. The number of aromatic nitrogens is 2. The first kappa shape index (κ1) is 20.5. The van der Waals surface area contributed by atoms with Gasteiger partial charge in [-0.05, 0) is 31.5 Å². The fraction of sp³-hybridized carbons (Fsp3) is 0.619. The first-order valence-corrected chi connectivity index (χ1v) is 11.8. The Labute approximate surface area is 177 Å². The molecule has 2 aromatic rings. The largest absolute Gasteiger partial charge is 0.340 e. The molecular weight excluding hydrogens is 384 g/mol. The van der Waals surface area contributed by atoms with Crippen molar-refractivity contribution < 1.29 is 4.79 Å². The van der Waals surface area contributed by atoms with E-state index in [2.05, 4.69) is 39.6 Å². The van der Waals surface area contributed by atoms with Gasteiger partial charge >= 0.3 is 0 Å². The number of unbranched alkanes of at least 4 members (excludes halogenated alkanes) is 1. The normalized spacial score (nSPS) is 19.2. The van der Waals surface area contributed by atoms with Crippen molar-refractivity contribution in [2.75, 3.05) is 55.8 Å². The van der Waals surface area contributed by atoms with E-state index in [4.69, 9.17) is 10.7 Å². The molecule has 0 spiro atoms. The number of fused-ring (bicyclic) bond motifs is 1. The third-order valence-electron chi connectivity index (χ3n) is 6.04. The van der Waals surface area contributed by atoms with Crippen LogP contribution in [0.2, 0.25) is 0 Å². The molecule has 29 heavy (non-hydrogen) atoms. The Bertz CT molecular complexity index is 826. The molecule has 4 rings (SSSR count). The van der Waals surface area contributed by atoms with Crippen molar-refractivity contribution >= 4 is 34.7 Å².